The summed E-state index contributed by atoms with van der Waals surface area (Å²) < 4.78 is 5.21. The van der Waals surface area contributed by atoms with Gasteiger partial charge in [-0.3, -0.25) is 4.79 Å². The Bertz CT molecular complexity index is 261. The first-order valence-corrected chi connectivity index (χ1v) is 3.52. The van der Waals surface area contributed by atoms with E-state index in [1.807, 2.05) is 24.3 Å². The van der Waals surface area contributed by atoms with Crippen molar-refractivity contribution in [3.8, 4) is 0 Å². The molecule has 0 aromatic rings. The fraction of sp³-hybridized carbons (Fsp3) is 0.222. The predicted octanol–water partition coefficient (Wildman–Crippen LogP) is 1.12. The fourth-order valence-electron chi connectivity index (χ4n) is 1.29. The molecule has 0 aromatic heterocycles. The predicted molar refractivity (Wildman–Crippen MR) is 40.4 cm³/mol. The topological polar surface area (TPSA) is 26.3 Å². The summed E-state index contributed by atoms with van der Waals surface area (Å²) in [5.41, 5.74) is 0. The summed E-state index contributed by atoms with van der Waals surface area (Å²) in [4.78, 5) is 10.2. The summed E-state index contributed by atoms with van der Waals surface area (Å²) in [7, 11) is 0. The second-order valence-electron chi connectivity index (χ2n) is 2.56. The third-order valence-corrected chi connectivity index (χ3v) is 1.83. The Morgan fingerprint density at radius 1 is 1.36 bits per heavy atom. The van der Waals surface area contributed by atoms with Gasteiger partial charge in [-0.25, -0.2) is 0 Å². The summed E-state index contributed by atoms with van der Waals surface area (Å²) in [6.07, 6.45) is 11.4. The van der Waals surface area contributed by atoms with E-state index in [0.29, 0.717) is 5.76 Å². The van der Waals surface area contributed by atoms with Crippen molar-refractivity contribution in [3.05, 3.63) is 36.1 Å². The largest absolute Gasteiger partial charge is 0.481 e. The molecule has 0 amide bonds. The first kappa shape index (κ1) is 6.40. The highest BCUT2D eigenvalue weighted by atomic mass is 16.5. The normalized spacial score (nSPS) is 32.5. The highest BCUT2D eigenvalue weighted by Gasteiger charge is 2.26. The van der Waals surface area contributed by atoms with Crippen LogP contribution in [0, 0.1) is 5.92 Å². The molecule has 55 valence electrons. The van der Waals surface area contributed by atoms with E-state index in [1.165, 1.54) is 0 Å². The zero-order valence-corrected chi connectivity index (χ0v) is 5.86. The number of allylic oxidation sites excluding steroid dienone is 3. The number of rotatable bonds is 1. The van der Waals surface area contributed by atoms with Crippen LogP contribution in [0.5, 0.6) is 0 Å². The van der Waals surface area contributed by atoms with Crippen LogP contribution in [0.3, 0.4) is 0 Å². The van der Waals surface area contributed by atoms with Crippen LogP contribution in [0.1, 0.15) is 0 Å². The molecule has 0 saturated heterocycles. The molecule has 1 heterocycles. The minimum absolute atomic E-state index is 0.0245. The molecule has 0 bridgehead atoms. The van der Waals surface area contributed by atoms with Gasteiger partial charge in [0.15, 0.2) is 5.76 Å². The average molecular weight is 147 g/mol. The van der Waals surface area contributed by atoms with E-state index in [1.54, 1.807) is 12.4 Å². The van der Waals surface area contributed by atoms with E-state index in [2.05, 4.69) is 0 Å². The van der Waals surface area contributed by atoms with Crippen LogP contribution in [0.2, 0.25) is 0 Å². The maximum absolute atomic E-state index is 10.2. The van der Waals surface area contributed by atoms with Crippen molar-refractivity contribution in [2.45, 2.75) is 6.10 Å². The molecule has 0 N–H and O–H groups in total. The molecule has 2 rings (SSSR count). The summed E-state index contributed by atoms with van der Waals surface area (Å²) in [6.45, 7) is 0. The molecule has 2 atom stereocenters. The van der Waals surface area contributed by atoms with Crippen LogP contribution in [-0.2, 0) is 9.53 Å². The smallest absolute Gasteiger partial charge is 0.270 e. The molecule has 0 fully saturated rings. The number of hydrogen-bond acceptors (Lipinski definition) is 2. The van der Waals surface area contributed by atoms with Crippen molar-refractivity contribution in [1.82, 2.24) is 0 Å². The number of ether oxygens (including phenoxy) is 1. The lowest BCUT2D eigenvalue weighted by Gasteiger charge is -2.13. The quantitative estimate of drug-likeness (QED) is 0.555. The van der Waals surface area contributed by atoms with Crippen LogP contribution in [-0.4, -0.2) is 12.4 Å². The Balaban J connectivity index is 2.22. The van der Waals surface area contributed by atoms with Gasteiger partial charge in [0.2, 0.25) is 0 Å². The van der Waals surface area contributed by atoms with Gasteiger partial charge in [-0.2, -0.15) is 0 Å². The summed E-state index contributed by atoms with van der Waals surface area (Å²) in [5.74, 6) is 0.563. The van der Waals surface area contributed by atoms with Crippen LogP contribution in [0.15, 0.2) is 36.1 Å². The SMILES string of the molecule is O=[C]C1=CC2C=CC=CC2O1. The summed E-state index contributed by atoms with van der Waals surface area (Å²) in [5, 5.41) is 0. The van der Waals surface area contributed by atoms with E-state index in [0.717, 1.165) is 0 Å². The van der Waals surface area contributed by atoms with Crippen molar-refractivity contribution >= 4 is 6.29 Å². The number of fused-ring (bicyclic) bond motifs is 1. The van der Waals surface area contributed by atoms with Crippen molar-refractivity contribution in [3.63, 3.8) is 0 Å². The third-order valence-electron chi connectivity index (χ3n) is 1.83. The van der Waals surface area contributed by atoms with Gasteiger partial charge < -0.3 is 4.74 Å². The van der Waals surface area contributed by atoms with Gasteiger partial charge >= 0.3 is 0 Å². The van der Waals surface area contributed by atoms with E-state index in [-0.39, 0.29) is 12.0 Å². The molecular weight excluding hydrogens is 140 g/mol. The molecule has 1 aliphatic heterocycles. The van der Waals surface area contributed by atoms with Gasteiger partial charge in [-0.15, -0.1) is 0 Å². The first-order chi connectivity index (χ1) is 5.40. The Hall–Kier alpha value is -1.31. The van der Waals surface area contributed by atoms with Crippen LogP contribution in [0.4, 0.5) is 0 Å². The lowest BCUT2D eigenvalue weighted by molar-refractivity contribution is 0.177. The van der Waals surface area contributed by atoms with E-state index < -0.39 is 0 Å². The van der Waals surface area contributed by atoms with Gasteiger partial charge in [-0.05, 0) is 12.2 Å². The van der Waals surface area contributed by atoms with E-state index in [4.69, 9.17) is 4.74 Å². The summed E-state index contributed by atoms with van der Waals surface area (Å²) >= 11 is 0. The second-order valence-corrected chi connectivity index (χ2v) is 2.56. The first-order valence-electron chi connectivity index (χ1n) is 3.52. The maximum atomic E-state index is 10.2. The lowest BCUT2D eigenvalue weighted by Crippen LogP contribution is -2.13. The maximum Gasteiger partial charge on any atom is 0.270 e. The number of hydrogen-bond donors (Lipinski definition) is 0. The molecule has 2 unspecified atom stereocenters. The lowest BCUT2D eigenvalue weighted by atomic mass is 9.99. The highest BCUT2D eigenvalue weighted by Crippen LogP contribution is 2.26. The summed E-state index contributed by atoms with van der Waals surface area (Å²) in [6, 6.07) is 0. The zero-order chi connectivity index (χ0) is 7.68. The van der Waals surface area contributed by atoms with E-state index >= 15 is 0 Å². The second kappa shape index (κ2) is 2.38. The van der Waals surface area contributed by atoms with Crippen molar-refractivity contribution in [1.29, 1.82) is 0 Å². The molecule has 1 aliphatic carbocycles. The molecular formula is C9H7O2. The van der Waals surface area contributed by atoms with Crippen molar-refractivity contribution in [2.75, 3.05) is 0 Å². The minimum Gasteiger partial charge on any atom is -0.481 e. The molecule has 1 radical (unpaired) electrons. The van der Waals surface area contributed by atoms with Crippen LogP contribution < -0.4 is 0 Å². The Labute approximate surface area is 64.9 Å². The fourth-order valence-corrected chi connectivity index (χ4v) is 1.29. The third kappa shape index (κ3) is 1.00. The molecule has 2 aliphatic rings. The Kier molecular flexibility index (Phi) is 1.39. The van der Waals surface area contributed by atoms with Crippen LogP contribution >= 0.6 is 0 Å². The van der Waals surface area contributed by atoms with Crippen LogP contribution in [0.25, 0.3) is 0 Å². The van der Waals surface area contributed by atoms with Gasteiger partial charge in [0.1, 0.15) is 6.10 Å². The molecule has 0 saturated carbocycles. The van der Waals surface area contributed by atoms with E-state index in [9.17, 15) is 4.79 Å². The molecule has 2 nitrogen and oxygen atoms in total. The van der Waals surface area contributed by atoms with Gasteiger partial charge in [-0.1, -0.05) is 18.2 Å². The van der Waals surface area contributed by atoms with Gasteiger partial charge in [0.25, 0.3) is 6.29 Å². The molecule has 0 spiro atoms. The zero-order valence-electron chi connectivity index (χ0n) is 5.86. The van der Waals surface area contributed by atoms with Gasteiger partial charge in [0.05, 0.1) is 0 Å². The number of carbonyl (C=O) groups excluding carboxylic acids is 1. The Morgan fingerprint density at radius 3 is 2.91 bits per heavy atom. The average Bonchev–Trinajstić information content (AvgIpc) is 2.46. The van der Waals surface area contributed by atoms with Gasteiger partial charge in [0, 0.05) is 5.92 Å². The molecule has 11 heavy (non-hydrogen) atoms. The van der Waals surface area contributed by atoms with Crippen molar-refractivity contribution in [2.24, 2.45) is 5.92 Å². The Morgan fingerprint density at radius 2 is 2.18 bits per heavy atom. The van der Waals surface area contributed by atoms with Crippen molar-refractivity contribution < 1.29 is 9.53 Å². The monoisotopic (exact) mass is 147 g/mol. The minimum atomic E-state index is 0.0245. The molecule has 2 heteroatoms. The standard InChI is InChI=1S/C9H7O2/c10-6-8-5-7-3-1-2-4-9(7)11-8/h1-5,7,9H. The highest BCUT2D eigenvalue weighted by molar-refractivity contribution is 5.72. The molecule has 0 aromatic carbocycles.